The Kier molecular flexibility index (Phi) is 4.50. The third-order valence-corrected chi connectivity index (χ3v) is 2.20. The summed E-state index contributed by atoms with van der Waals surface area (Å²) >= 11 is 0. The standard InChI is InChI=1S/C13H18FNO/c1-9(2)6-7-16-11-4-5-12(10(3)15)13(14)8-11/h4-6,8,10H,7,15H2,1-3H3. The predicted octanol–water partition coefficient (Wildman–Crippen LogP) is 3.19. The van der Waals surface area contributed by atoms with Crippen LogP contribution in [0.25, 0.3) is 0 Å². The summed E-state index contributed by atoms with van der Waals surface area (Å²) < 4.78 is 18.9. The molecule has 1 unspecified atom stereocenters. The van der Waals surface area contributed by atoms with Gasteiger partial charge in [-0.3, -0.25) is 0 Å². The summed E-state index contributed by atoms with van der Waals surface area (Å²) in [7, 11) is 0. The number of benzene rings is 1. The van der Waals surface area contributed by atoms with Gasteiger partial charge in [-0.25, -0.2) is 4.39 Å². The van der Waals surface area contributed by atoms with E-state index in [2.05, 4.69) is 0 Å². The van der Waals surface area contributed by atoms with Gasteiger partial charge in [0, 0.05) is 17.7 Å². The Morgan fingerprint density at radius 1 is 1.50 bits per heavy atom. The van der Waals surface area contributed by atoms with Crippen LogP contribution in [0.1, 0.15) is 32.4 Å². The third kappa shape index (κ3) is 3.66. The summed E-state index contributed by atoms with van der Waals surface area (Å²) in [5.41, 5.74) is 7.30. The fourth-order valence-corrected chi connectivity index (χ4v) is 1.27. The predicted molar refractivity (Wildman–Crippen MR) is 63.9 cm³/mol. The number of hydrogen-bond donors (Lipinski definition) is 1. The zero-order chi connectivity index (χ0) is 12.1. The lowest BCUT2D eigenvalue weighted by Crippen LogP contribution is -2.07. The molecule has 1 aromatic rings. The first kappa shape index (κ1) is 12.7. The highest BCUT2D eigenvalue weighted by Crippen LogP contribution is 2.20. The highest BCUT2D eigenvalue weighted by Gasteiger charge is 2.07. The first-order chi connectivity index (χ1) is 7.50. The van der Waals surface area contributed by atoms with Crippen LogP contribution in [0.2, 0.25) is 0 Å². The zero-order valence-corrected chi connectivity index (χ0v) is 9.96. The van der Waals surface area contributed by atoms with Crippen molar-refractivity contribution in [2.75, 3.05) is 6.61 Å². The molecule has 0 amide bonds. The molecule has 0 spiro atoms. The average molecular weight is 223 g/mol. The molecule has 0 fully saturated rings. The fourth-order valence-electron chi connectivity index (χ4n) is 1.27. The second kappa shape index (κ2) is 5.66. The Hall–Kier alpha value is -1.35. The van der Waals surface area contributed by atoms with Crippen LogP contribution in [-0.2, 0) is 0 Å². The molecule has 2 nitrogen and oxygen atoms in total. The molecule has 0 aromatic heterocycles. The van der Waals surface area contributed by atoms with Gasteiger partial charge in [-0.2, -0.15) is 0 Å². The smallest absolute Gasteiger partial charge is 0.131 e. The minimum Gasteiger partial charge on any atom is -0.489 e. The molecule has 1 aromatic carbocycles. The van der Waals surface area contributed by atoms with Crippen LogP contribution < -0.4 is 10.5 Å². The SMILES string of the molecule is CC(C)=CCOc1ccc(C(C)N)c(F)c1. The molecule has 0 aliphatic heterocycles. The summed E-state index contributed by atoms with van der Waals surface area (Å²) in [6, 6.07) is 4.47. The maximum absolute atomic E-state index is 13.5. The molecule has 0 saturated carbocycles. The maximum atomic E-state index is 13.5. The number of allylic oxidation sites excluding steroid dienone is 1. The monoisotopic (exact) mass is 223 g/mol. The summed E-state index contributed by atoms with van der Waals surface area (Å²) in [6.45, 7) is 6.19. The number of hydrogen-bond acceptors (Lipinski definition) is 2. The molecule has 88 valence electrons. The first-order valence-corrected chi connectivity index (χ1v) is 5.32. The molecule has 0 heterocycles. The topological polar surface area (TPSA) is 35.2 Å². The van der Waals surface area contributed by atoms with Crippen molar-refractivity contribution >= 4 is 0 Å². The van der Waals surface area contributed by atoms with Gasteiger partial charge in [-0.05, 0) is 32.9 Å². The molecule has 3 heteroatoms. The third-order valence-electron chi connectivity index (χ3n) is 2.20. The van der Waals surface area contributed by atoms with Gasteiger partial charge in [0.1, 0.15) is 18.2 Å². The molecule has 1 atom stereocenters. The van der Waals surface area contributed by atoms with Gasteiger partial charge >= 0.3 is 0 Å². The molecule has 0 radical (unpaired) electrons. The molecule has 0 saturated heterocycles. The van der Waals surface area contributed by atoms with Crippen molar-refractivity contribution < 1.29 is 9.13 Å². The van der Waals surface area contributed by atoms with Crippen molar-refractivity contribution in [2.45, 2.75) is 26.8 Å². The lowest BCUT2D eigenvalue weighted by Gasteiger charge is -2.09. The molecule has 2 N–H and O–H groups in total. The molecule has 1 rings (SSSR count). The molecule has 16 heavy (non-hydrogen) atoms. The van der Waals surface area contributed by atoms with E-state index in [1.54, 1.807) is 19.1 Å². The minimum absolute atomic E-state index is 0.299. The van der Waals surface area contributed by atoms with Crippen molar-refractivity contribution in [3.05, 3.63) is 41.2 Å². The van der Waals surface area contributed by atoms with Gasteiger partial charge in [0.05, 0.1) is 0 Å². The van der Waals surface area contributed by atoms with Crippen molar-refractivity contribution in [2.24, 2.45) is 5.73 Å². The largest absolute Gasteiger partial charge is 0.489 e. The second-order valence-electron chi connectivity index (χ2n) is 4.06. The van der Waals surface area contributed by atoms with E-state index in [9.17, 15) is 4.39 Å². The van der Waals surface area contributed by atoms with Crippen LogP contribution in [0.5, 0.6) is 5.75 Å². The van der Waals surface area contributed by atoms with Gasteiger partial charge < -0.3 is 10.5 Å². The van der Waals surface area contributed by atoms with Crippen LogP contribution in [0, 0.1) is 5.82 Å². The van der Waals surface area contributed by atoms with Gasteiger partial charge in [0.2, 0.25) is 0 Å². The van der Waals surface area contributed by atoms with Gasteiger partial charge in [-0.1, -0.05) is 11.6 Å². The summed E-state index contributed by atoms with van der Waals surface area (Å²) in [5, 5.41) is 0. The Morgan fingerprint density at radius 2 is 2.19 bits per heavy atom. The van der Waals surface area contributed by atoms with E-state index in [0.29, 0.717) is 17.9 Å². The molecule has 0 aliphatic carbocycles. The average Bonchev–Trinajstić information content (AvgIpc) is 2.16. The van der Waals surface area contributed by atoms with Crippen molar-refractivity contribution in [1.82, 2.24) is 0 Å². The first-order valence-electron chi connectivity index (χ1n) is 5.32. The Balaban J connectivity index is 2.70. The highest BCUT2D eigenvalue weighted by atomic mass is 19.1. The highest BCUT2D eigenvalue weighted by molar-refractivity contribution is 5.30. The molecular formula is C13H18FNO. The summed E-state index contributed by atoms with van der Waals surface area (Å²) in [6.07, 6.45) is 1.94. The minimum atomic E-state index is -0.315. The van der Waals surface area contributed by atoms with E-state index in [1.807, 2.05) is 19.9 Å². The van der Waals surface area contributed by atoms with E-state index >= 15 is 0 Å². The van der Waals surface area contributed by atoms with Crippen LogP contribution in [0.3, 0.4) is 0 Å². The van der Waals surface area contributed by atoms with Crippen LogP contribution in [-0.4, -0.2) is 6.61 Å². The van der Waals surface area contributed by atoms with Crippen LogP contribution >= 0.6 is 0 Å². The molecular weight excluding hydrogens is 205 g/mol. The maximum Gasteiger partial charge on any atom is 0.131 e. The van der Waals surface area contributed by atoms with E-state index in [4.69, 9.17) is 10.5 Å². The normalized spacial score (nSPS) is 12.1. The molecule has 0 aliphatic rings. The lowest BCUT2D eigenvalue weighted by molar-refractivity contribution is 0.359. The van der Waals surface area contributed by atoms with Crippen LogP contribution in [0.15, 0.2) is 29.8 Å². The second-order valence-corrected chi connectivity index (χ2v) is 4.06. The van der Waals surface area contributed by atoms with E-state index < -0.39 is 0 Å². The van der Waals surface area contributed by atoms with E-state index in [0.717, 1.165) is 0 Å². The molecule has 0 bridgehead atoms. The van der Waals surface area contributed by atoms with Gasteiger partial charge in [0.25, 0.3) is 0 Å². The summed E-state index contributed by atoms with van der Waals surface area (Å²) in [4.78, 5) is 0. The number of nitrogens with two attached hydrogens (primary N) is 1. The number of ether oxygens (including phenoxy) is 1. The quantitative estimate of drug-likeness (QED) is 0.795. The Labute approximate surface area is 95.9 Å². The fraction of sp³-hybridized carbons (Fsp3) is 0.385. The van der Waals surface area contributed by atoms with E-state index in [-0.39, 0.29) is 11.9 Å². The van der Waals surface area contributed by atoms with Crippen molar-refractivity contribution in [1.29, 1.82) is 0 Å². The van der Waals surface area contributed by atoms with Crippen molar-refractivity contribution in [3.63, 3.8) is 0 Å². The number of rotatable bonds is 4. The zero-order valence-electron chi connectivity index (χ0n) is 9.96. The van der Waals surface area contributed by atoms with Crippen LogP contribution in [0.4, 0.5) is 4.39 Å². The Bertz CT molecular complexity index is 382. The van der Waals surface area contributed by atoms with Gasteiger partial charge in [-0.15, -0.1) is 0 Å². The lowest BCUT2D eigenvalue weighted by atomic mass is 10.1. The summed E-state index contributed by atoms with van der Waals surface area (Å²) in [5.74, 6) is 0.212. The number of halogens is 1. The van der Waals surface area contributed by atoms with E-state index in [1.165, 1.54) is 11.6 Å². The van der Waals surface area contributed by atoms with Gasteiger partial charge in [0.15, 0.2) is 0 Å². The Morgan fingerprint density at radius 3 is 2.69 bits per heavy atom. The van der Waals surface area contributed by atoms with Crippen molar-refractivity contribution in [3.8, 4) is 5.75 Å².